The van der Waals surface area contributed by atoms with Crippen molar-refractivity contribution in [3.63, 3.8) is 0 Å². The standard InChI is InChI=1S/C12H8BrClFNO/c1-7-2-3-9(15)5-11(7)17-12-10(13)4-8(14)6-16-12/h2-6H,1H3. The van der Waals surface area contributed by atoms with E-state index in [1.54, 1.807) is 12.1 Å². The predicted octanol–water partition coefficient (Wildman–Crippen LogP) is 4.74. The zero-order valence-corrected chi connectivity index (χ0v) is 11.2. The fourth-order valence-electron chi connectivity index (χ4n) is 1.27. The second kappa shape index (κ2) is 5.02. The Morgan fingerprint density at radius 1 is 1.35 bits per heavy atom. The third-order valence-electron chi connectivity index (χ3n) is 2.13. The number of halogens is 3. The molecule has 88 valence electrons. The molecule has 0 spiro atoms. The highest BCUT2D eigenvalue weighted by Gasteiger charge is 2.08. The summed E-state index contributed by atoms with van der Waals surface area (Å²) in [7, 11) is 0. The average Bonchev–Trinajstić information content (AvgIpc) is 2.27. The summed E-state index contributed by atoms with van der Waals surface area (Å²) in [4.78, 5) is 4.02. The number of rotatable bonds is 2. The SMILES string of the molecule is Cc1ccc(F)cc1Oc1ncc(Cl)cc1Br. The Hall–Kier alpha value is -1.13. The van der Waals surface area contributed by atoms with Crippen LogP contribution in [-0.2, 0) is 0 Å². The van der Waals surface area contributed by atoms with Gasteiger partial charge in [0.15, 0.2) is 0 Å². The van der Waals surface area contributed by atoms with Gasteiger partial charge in [0.25, 0.3) is 0 Å². The van der Waals surface area contributed by atoms with Gasteiger partial charge in [0.1, 0.15) is 11.6 Å². The molecule has 2 rings (SSSR count). The minimum absolute atomic E-state index is 0.350. The van der Waals surface area contributed by atoms with Gasteiger partial charge in [-0.3, -0.25) is 0 Å². The van der Waals surface area contributed by atoms with E-state index in [9.17, 15) is 4.39 Å². The molecule has 2 aromatic rings. The van der Waals surface area contributed by atoms with Crippen LogP contribution in [0, 0.1) is 12.7 Å². The molecule has 0 N–H and O–H groups in total. The molecule has 1 aromatic heterocycles. The Morgan fingerprint density at radius 2 is 2.12 bits per heavy atom. The summed E-state index contributed by atoms with van der Waals surface area (Å²) in [6.45, 7) is 1.83. The lowest BCUT2D eigenvalue weighted by atomic mass is 10.2. The highest BCUT2D eigenvalue weighted by molar-refractivity contribution is 9.10. The third kappa shape index (κ3) is 2.96. The summed E-state index contributed by atoms with van der Waals surface area (Å²) in [5.41, 5.74) is 0.829. The number of aromatic nitrogens is 1. The third-order valence-corrected chi connectivity index (χ3v) is 2.91. The molecule has 0 saturated heterocycles. The van der Waals surface area contributed by atoms with Crippen molar-refractivity contribution in [3.05, 3.63) is 51.3 Å². The second-order valence-corrected chi connectivity index (χ2v) is 4.74. The minimum atomic E-state index is -0.351. The molecule has 0 fully saturated rings. The van der Waals surface area contributed by atoms with Crippen LogP contribution in [0.4, 0.5) is 4.39 Å². The van der Waals surface area contributed by atoms with Crippen LogP contribution in [0.3, 0.4) is 0 Å². The van der Waals surface area contributed by atoms with Crippen molar-refractivity contribution in [2.24, 2.45) is 0 Å². The van der Waals surface area contributed by atoms with Crippen molar-refractivity contribution in [1.82, 2.24) is 4.98 Å². The molecule has 0 aliphatic carbocycles. The Morgan fingerprint density at radius 3 is 2.82 bits per heavy atom. The first kappa shape index (κ1) is 12.3. The molecule has 0 radical (unpaired) electrons. The smallest absolute Gasteiger partial charge is 0.233 e. The van der Waals surface area contributed by atoms with Crippen LogP contribution >= 0.6 is 27.5 Å². The van der Waals surface area contributed by atoms with Crippen molar-refractivity contribution in [2.75, 3.05) is 0 Å². The predicted molar refractivity (Wildman–Crippen MR) is 68.2 cm³/mol. The molecule has 0 bridgehead atoms. The number of aryl methyl sites for hydroxylation is 1. The van der Waals surface area contributed by atoms with Crippen LogP contribution in [-0.4, -0.2) is 4.98 Å². The number of pyridine rings is 1. The number of benzene rings is 1. The molecule has 5 heteroatoms. The van der Waals surface area contributed by atoms with Gasteiger partial charge in [-0.05, 0) is 40.5 Å². The fourth-order valence-corrected chi connectivity index (χ4v) is 1.98. The first-order chi connectivity index (χ1) is 8.06. The number of nitrogens with zero attached hydrogens (tertiary/aromatic N) is 1. The van der Waals surface area contributed by atoms with E-state index in [4.69, 9.17) is 16.3 Å². The van der Waals surface area contributed by atoms with Gasteiger partial charge in [-0.1, -0.05) is 17.7 Å². The summed E-state index contributed by atoms with van der Waals surface area (Å²) >= 11 is 9.05. The van der Waals surface area contributed by atoms with E-state index in [0.29, 0.717) is 21.1 Å². The van der Waals surface area contributed by atoms with Crippen molar-refractivity contribution < 1.29 is 9.13 Å². The van der Waals surface area contributed by atoms with E-state index in [-0.39, 0.29) is 5.82 Å². The lowest BCUT2D eigenvalue weighted by Crippen LogP contribution is -1.92. The van der Waals surface area contributed by atoms with Gasteiger partial charge in [0, 0.05) is 12.3 Å². The van der Waals surface area contributed by atoms with E-state index in [0.717, 1.165) is 5.56 Å². The maximum absolute atomic E-state index is 13.1. The van der Waals surface area contributed by atoms with Crippen molar-refractivity contribution in [1.29, 1.82) is 0 Å². The number of hydrogen-bond donors (Lipinski definition) is 0. The van der Waals surface area contributed by atoms with E-state index in [1.807, 2.05) is 6.92 Å². The molecule has 17 heavy (non-hydrogen) atoms. The Labute approximate surface area is 112 Å². The van der Waals surface area contributed by atoms with Crippen LogP contribution in [0.25, 0.3) is 0 Å². The molecule has 0 amide bonds. The summed E-state index contributed by atoms with van der Waals surface area (Å²) in [5.74, 6) is 0.430. The summed E-state index contributed by atoms with van der Waals surface area (Å²) in [6, 6.07) is 6.01. The Kier molecular flexibility index (Phi) is 3.64. The van der Waals surface area contributed by atoms with E-state index in [2.05, 4.69) is 20.9 Å². The van der Waals surface area contributed by atoms with Gasteiger partial charge >= 0.3 is 0 Å². The largest absolute Gasteiger partial charge is 0.437 e. The highest BCUT2D eigenvalue weighted by atomic mass is 79.9. The first-order valence-electron chi connectivity index (χ1n) is 4.81. The average molecular weight is 317 g/mol. The monoisotopic (exact) mass is 315 g/mol. The van der Waals surface area contributed by atoms with E-state index in [1.165, 1.54) is 18.3 Å². The summed E-state index contributed by atoms with van der Waals surface area (Å²) in [6.07, 6.45) is 1.47. The van der Waals surface area contributed by atoms with Crippen LogP contribution in [0.2, 0.25) is 5.02 Å². The zero-order chi connectivity index (χ0) is 12.4. The zero-order valence-electron chi connectivity index (χ0n) is 8.88. The molecule has 0 unspecified atom stereocenters. The number of ether oxygens (including phenoxy) is 1. The van der Waals surface area contributed by atoms with Crippen LogP contribution in [0.5, 0.6) is 11.6 Å². The first-order valence-corrected chi connectivity index (χ1v) is 5.98. The van der Waals surface area contributed by atoms with Crippen molar-refractivity contribution in [3.8, 4) is 11.6 Å². The number of hydrogen-bond acceptors (Lipinski definition) is 2. The molecule has 0 aliphatic heterocycles. The fraction of sp³-hybridized carbons (Fsp3) is 0.0833. The molecular formula is C12H8BrClFNO. The molecule has 1 aromatic carbocycles. The summed E-state index contributed by atoms with van der Waals surface area (Å²) < 4.78 is 19.2. The van der Waals surface area contributed by atoms with Gasteiger partial charge in [-0.15, -0.1) is 0 Å². The molecular weight excluding hydrogens is 308 g/mol. The Balaban J connectivity index is 2.34. The minimum Gasteiger partial charge on any atom is -0.437 e. The summed E-state index contributed by atoms with van der Waals surface area (Å²) in [5, 5.41) is 0.500. The molecule has 0 saturated carbocycles. The van der Waals surface area contributed by atoms with Crippen LogP contribution < -0.4 is 4.74 Å². The quantitative estimate of drug-likeness (QED) is 0.798. The molecule has 0 atom stereocenters. The van der Waals surface area contributed by atoms with Gasteiger partial charge < -0.3 is 4.74 Å². The highest BCUT2D eigenvalue weighted by Crippen LogP contribution is 2.31. The van der Waals surface area contributed by atoms with E-state index >= 15 is 0 Å². The van der Waals surface area contributed by atoms with Crippen molar-refractivity contribution >= 4 is 27.5 Å². The lowest BCUT2D eigenvalue weighted by Gasteiger charge is -2.09. The molecule has 0 aliphatic rings. The van der Waals surface area contributed by atoms with Gasteiger partial charge in [-0.25, -0.2) is 9.37 Å². The van der Waals surface area contributed by atoms with Crippen LogP contribution in [0.1, 0.15) is 5.56 Å². The lowest BCUT2D eigenvalue weighted by molar-refractivity contribution is 0.451. The van der Waals surface area contributed by atoms with Crippen LogP contribution in [0.15, 0.2) is 34.9 Å². The van der Waals surface area contributed by atoms with Gasteiger partial charge in [0.05, 0.1) is 9.50 Å². The Bertz CT molecular complexity index is 562. The normalized spacial score (nSPS) is 10.4. The van der Waals surface area contributed by atoms with Gasteiger partial charge in [0.2, 0.25) is 5.88 Å². The maximum Gasteiger partial charge on any atom is 0.233 e. The van der Waals surface area contributed by atoms with Gasteiger partial charge in [-0.2, -0.15) is 0 Å². The van der Waals surface area contributed by atoms with Crippen molar-refractivity contribution in [2.45, 2.75) is 6.92 Å². The maximum atomic E-state index is 13.1. The molecule has 2 nitrogen and oxygen atoms in total. The molecule has 1 heterocycles. The topological polar surface area (TPSA) is 22.1 Å². The second-order valence-electron chi connectivity index (χ2n) is 3.45. The van der Waals surface area contributed by atoms with E-state index < -0.39 is 0 Å².